The Morgan fingerprint density at radius 3 is 1.81 bits per heavy atom. The van der Waals surface area contributed by atoms with Crippen molar-refractivity contribution in [2.75, 3.05) is 4.90 Å². The van der Waals surface area contributed by atoms with E-state index in [4.69, 9.17) is 4.42 Å². The lowest BCUT2D eigenvalue weighted by Crippen LogP contribution is -2.48. The van der Waals surface area contributed by atoms with Gasteiger partial charge in [-0.25, -0.2) is 0 Å². The van der Waals surface area contributed by atoms with Gasteiger partial charge in [-0.15, -0.1) is 0 Å². The molecule has 0 atom stereocenters. The first kappa shape index (κ1) is 33.8. The Kier molecular flexibility index (Phi) is 7.56. The first-order valence-corrected chi connectivity index (χ1v) is 22.7. The van der Waals surface area contributed by atoms with E-state index in [9.17, 15) is 0 Å². The highest BCUT2D eigenvalue weighted by atomic mass is 16.3. The average Bonchev–Trinajstić information content (AvgIpc) is 3.63. The van der Waals surface area contributed by atoms with Gasteiger partial charge in [-0.2, -0.15) is 0 Å². The van der Waals surface area contributed by atoms with Gasteiger partial charge in [0.05, 0.1) is 5.69 Å². The van der Waals surface area contributed by atoms with Gasteiger partial charge in [-0.1, -0.05) is 103 Å². The zero-order valence-electron chi connectivity index (χ0n) is 33.5. The zero-order valence-corrected chi connectivity index (χ0v) is 33.5. The molecule has 6 aromatic carbocycles. The Balaban J connectivity index is 0.988. The molecule has 0 spiro atoms. The highest BCUT2D eigenvalue weighted by Crippen LogP contribution is 2.63. The van der Waals surface area contributed by atoms with E-state index in [2.05, 4.69) is 144 Å². The molecule has 8 saturated carbocycles. The average molecular weight is 756 g/mol. The molecule has 0 N–H and O–H groups in total. The Morgan fingerprint density at radius 1 is 0.466 bits per heavy atom. The fourth-order valence-corrected chi connectivity index (χ4v) is 14.9. The summed E-state index contributed by atoms with van der Waals surface area (Å²) in [5.74, 6) is 6.90. The standard InChI is InChI=1S/C56H53NO/c1-2-8-40(9-3-1)41-16-18-46(19-17-41)57(52-14-7-13-50-49-12-4-5-15-53(49)58-55(50)52)47-20-21-48(51(31-47)54-43-26-35-22-36(28-43)29-44(54)27-35)42-10-6-11-45(30-42)56-32-37-23-38(33-56)25-39(24-37)34-56/h1-21,30-31,35-39,43-44,54H,22-29,32-34H2. The quantitative estimate of drug-likeness (QED) is 0.161. The smallest absolute Gasteiger partial charge is 0.159 e. The number of nitrogens with zero attached hydrogens (tertiary/aromatic N) is 1. The fraction of sp³-hybridized carbons (Fsp3) is 0.357. The minimum Gasteiger partial charge on any atom is -0.454 e. The second kappa shape index (κ2) is 13.0. The third kappa shape index (κ3) is 5.36. The summed E-state index contributed by atoms with van der Waals surface area (Å²) in [6, 6.07) is 52.8. The third-order valence-electron chi connectivity index (χ3n) is 16.6. The number of para-hydroxylation sites is 2. The number of rotatable bonds is 7. The SMILES string of the molecule is c1ccc(-c2ccc(N(c3ccc(-c4cccc(C56CC7CC(CC(C7)C5)C6)c4)c(C4C5CC6CC(C5)CC4C6)c3)c3cccc4c3oc3ccccc34)cc2)cc1. The van der Waals surface area contributed by atoms with Crippen molar-refractivity contribution in [1.82, 2.24) is 0 Å². The number of hydrogen-bond donors (Lipinski definition) is 0. The van der Waals surface area contributed by atoms with Gasteiger partial charge in [-0.3, -0.25) is 0 Å². The van der Waals surface area contributed by atoms with E-state index in [1.807, 2.05) is 0 Å². The van der Waals surface area contributed by atoms with Crippen LogP contribution in [0.5, 0.6) is 0 Å². The molecule has 7 aromatic rings. The maximum absolute atomic E-state index is 6.79. The Bertz CT molecular complexity index is 2620. The van der Waals surface area contributed by atoms with Gasteiger partial charge in [0.1, 0.15) is 5.58 Å². The van der Waals surface area contributed by atoms with Crippen LogP contribution in [0.25, 0.3) is 44.2 Å². The topological polar surface area (TPSA) is 16.4 Å². The molecule has 2 heteroatoms. The maximum atomic E-state index is 6.79. The molecule has 58 heavy (non-hydrogen) atoms. The third-order valence-corrected chi connectivity index (χ3v) is 16.6. The molecule has 8 aliphatic carbocycles. The molecule has 1 aromatic heterocycles. The second-order valence-corrected chi connectivity index (χ2v) is 20.0. The lowest BCUT2D eigenvalue weighted by atomic mass is 9.48. The summed E-state index contributed by atoms with van der Waals surface area (Å²) in [5, 5.41) is 2.33. The Hall–Kier alpha value is -5.08. The number of hydrogen-bond acceptors (Lipinski definition) is 2. The van der Waals surface area contributed by atoms with Crippen molar-refractivity contribution in [2.24, 2.45) is 41.4 Å². The monoisotopic (exact) mass is 755 g/mol. The van der Waals surface area contributed by atoms with Crippen LogP contribution in [-0.4, -0.2) is 0 Å². The highest BCUT2D eigenvalue weighted by Gasteiger charge is 2.52. The van der Waals surface area contributed by atoms with E-state index in [1.165, 1.54) is 109 Å². The summed E-state index contributed by atoms with van der Waals surface area (Å²) in [7, 11) is 0. The predicted octanol–water partition coefficient (Wildman–Crippen LogP) is 15.4. The molecule has 288 valence electrons. The van der Waals surface area contributed by atoms with E-state index in [-0.39, 0.29) is 0 Å². The van der Waals surface area contributed by atoms with Crippen LogP contribution in [0.4, 0.5) is 17.1 Å². The lowest BCUT2D eigenvalue weighted by Gasteiger charge is -2.57. The molecular formula is C56H53NO. The summed E-state index contributed by atoms with van der Waals surface area (Å²) < 4.78 is 6.79. The molecule has 0 unspecified atom stereocenters. The normalized spacial score (nSPS) is 30.4. The van der Waals surface area contributed by atoms with Crippen molar-refractivity contribution >= 4 is 39.0 Å². The summed E-state index contributed by atoms with van der Waals surface area (Å²) in [6.45, 7) is 0. The van der Waals surface area contributed by atoms with Crippen molar-refractivity contribution in [3.63, 3.8) is 0 Å². The minimum atomic E-state index is 0.390. The van der Waals surface area contributed by atoms with E-state index < -0.39 is 0 Å². The van der Waals surface area contributed by atoms with Gasteiger partial charge in [0, 0.05) is 22.1 Å². The van der Waals surface area contributed by atoms with Crippen LogP contribution in [0.3, 0.4) is 0 Å². The molecule has 0 radical (unpaired) electrons. The van der Waals surface area contributed by atoms with Crippen molar-refractivity contribution in [2.45, 2.75) is 82.0 Å². The summed E-state index contributed by atoms with van der Waals surface area (Å²) in [5.41, 5.74) is 14.4. The summed E-state index contributed by atoms with van der Waals surface area (Å²) in [4.78, 5) is 2.49. The molecule has 2 nitrogen and oxygen atoms in total. The van der Waals surface area contributed by atoms with E-state index in [0.29, 0.717) is 11.3 Å². The lowest BCUT2D eigenvalue weighted by molar-refractivity contribution is -0.00519. The van der Waals surface area contributed by atoms with Crippen LogP contribution >= 0.6 is 0 Å². The Morgan fingerprint density at radius 2 is 1.07 bits per heavy atom. The molecule has 0 amide bonds. The molecule has 8 bridgehead atoms. The molecular weight excluding hydrogens is 703 g/mol. The van der Waals surface area contributed by atoms with Gasteiger partial charge >= 0.3 is 0 Å². The molecule has 1 heterocycles. The van der Waals surface area contributed by atoms with Crippen LogP contribution in [0.2, 0.25) is 0 Å². The molecule has 8 fully saturated rings. The van der Waals surface area contributed by atoms with Crippen molar-refractivity contribution in [1.29, 1.82) is 0 Å². The van der Waals surface area contributed by atoms with E-state index >= 15 is 0 Å². The number of benzene rings is 6. The van der Waals surface area contributed by atoms with Crippen molar-refractivity contribution < 1.29 is 4.42 Å². The second-order valence-electron chi connectivity index (χ2n) is 20.0. The van der Waals surface area contributed by atoms with E-state index in [0.717, 1.165) is 64.0 Å². The van der Waals surface area contributed by atoms with Crippen LogP contribution in [0.1, 0.15) is 87.7 Å². The van der Waals surface area contributed by atoms with Gasteiger partial charge < -0.3 is 9.32 Å². The van der Waals surface area contributed by atoms with Crippen molar-refractivity contribution in [3.8, 4) is 22.3 Å². The minimum absolute atomic E-state index is 0.390. The number of fused-ring (bicyclic) bond motifs is 3. The van der Waals surface area contributed by atoms with Crippen LogP contribution < -0.4 is 4.90 Å². The van der Waals surface area contributed by atoms with Gasteiger partial charge in [-0.05, 0) is 193 Å². The first-order valence-electron chi connectivity index (χ1n) is 22.7. The van der Waals surface area contributed by atoms with Crippen molar-refractivity contribution in [3.05, 3.63) is 151 Å². The maximum Gasteiger partial charge on any atom is 0.159 e. The van der Waals surface area contributed by atoms with Crippen LogP contribution in [-0.2, 0) is 5.41 Å². The largest absolute Gasteiger partial charge is 0.454 e. The van der Waals surface area contributed by atoms with Gasteiger partial charge in [0.15, 0.2) is 5.58 Å². The van der Waals surface area contributed by atoms with Gasteiger partial charge in [0.2, 0.25) is 0 Å². The summed E-state index contributed by atoms with van der Waals surface area (Å²) in [6.07, 6.45) is 15.8. The number of furan rings is 1. The predicted molar refractivity (Wildman–Crippen MR) is 239 cm³/mol. The molecule has 15 rings (SSSR count). The van der Waals surface area contributed by atoms with Crippen LogP contribution in [0, 0.1) is 41.4 Å². The summed E-state index contributed by atoms with van der Waals surface area (Å²) >= 11 is 0. The Labute approximate surface area is 343 Å². The highest BCUT2D eigenvalue weighted by molar-refractivity contribution is 6.10. The number of anilines is 3. The molecule has 8 aliphatic rings. The van der Waals surface area contributed by atoms with Crippen LogP contribution in [0.15, 0.2) is 144 Å². The fourth-order valence-electron chi connectivity index (χ4n) is 14.9. The molecule has 0 saturated heterocycles. The molecule has 0 aliphatic heterocycles. The zero-order chi connectivity index (χ0) is 38.0. The first-order chi connectivity index (χ1) is 28.6. The van der Waals surface area contributed by atoms with E-state index in [1.54, 1.807) is 11.1 Å². The van der Waals surface area contributed by atoms with Gasteiger partial charge in [0.25, 0.3) is 0 Å².